The second-order valence-corrected chi connectivity index (χ2v) is 7.24. The molecular weight excluding hydrogens is 404 g/mol. The lowest BCUT2D eigenvalue weighted by molar-refractivity contribution is 0.0531. The fourth-order valence-corrected chi connectivity index (χ4v) is 3.62. The summed E-state index contributed by atoms with van der Waals surface area (Å²) in [5.74, 6) is 0.555. The zero-order chi connectivity index (χ0) is 18.4. The lowest BCUT2D eigenvalue weighted by atomic mass is 10.1. The summed E-state index contributed by atoms with van der Waals surface area (Å²) < 4.78 is 10.8. The lowest BCUT2D eigenvalue weighted by Gasteiger charge is -2.10. The van der Waals surface area contributed by atoms with Crippen molar-refractivity contribution in [3.8, 4) is 22.4 Å². The molecule has 0 spiro atoms. The van der Waals surface area contributed by atoms with Crippen LogP contribution in [0.5, 0.6) is 5.75 Å². The average Bonchev–Trinajstić information content (AvgIpc) is 3.04. The van der Waals surface area contributed by atoms with Crippen LogP contribution in [0.2, 0.25) is 0 Å². The normalized spacial score (nSPS) is 10.6. The van der Waals surface area contributed by atoms with Crippen molar-refractivity contribution in [3.63, 3.8) is 0 Å². The topological polar surface area (TPSA) is 72.2 Å². The summed E-state index contributed by atoms with van der Waals surface area (Å²) >= 11 is 4.61. The number of thiazole rings is 1. The number of hydrogen-bond donors (Lipinski definition) is 0. The Morgan fingerprint density at radius 1 is 1.44 bits per heavy atom. The Balaban J connectivity index is 2.35. The van der Waals surface area contributed by atoms with Gasteiger partial charge in [-0.1, -0.05) is 29.8 Å². The fraction of sp³-hybridized carbons (Fsp3) is 0.389. The molecule has 0 bridgehead atoms. The minimum atomic E-state index is -0.377. The standard InChI is InChI=1S/C18H19BrN2O3S/c1-4-23-18(22)16-14(8-19)21-17(25-16)12-5-6-15(13(7-12)9-20)24-10-11(2)3/h5-7,11H,4,8,10H2,1-3H3. The van der Waals surface area contributed by atoms with Crippen molar-refractivity contribution in [3.05, 3.63) is 34.3 Å². The number of rotatable bonds is 7. The first-order valence-corrected chi connectivity index (χ1v) is 9.84. The third-order valence-electron chi connectivity index (χ3n) is 3.20. The predicted octanol–water partition coefficient (Wildman–Crippen LogP) is 4.79. The van der Waals surface area contributed by atoms with Gasteiger partial charge >= 0.3 is 5.97 Å². The lowest BCUT2D eigenvalue weighted by Crippen LogP contribution is -2.05. The zero-order valence-electron chi connectivity index (χ0n) is 14.3. The number of carbonyl (C=O) groups is 1. The van der Waals surface area contributed by atoms with Gasteiger partial charge in [-0.15, -0.1) is 11.3 Å². The molecule has 5 nitrogen and oxygen atoms in total. The molecule has 0 aliphatic heterocycles. The molecule has 1 heterocycles. The van der Waals surface area contributed by atoms with E-state index in [-0.39, 0.29) is 5.97 Å². The van der Waals surface area contributed by atoms with Crippen LogP contribution in [0.15, 0.2) is 18.2 Å². The van der Waals surface area contributed by atoms with E-state index >= 15 is 0 Å². The highest BCUT2D eigenvalue weighted by molar-refractivity contribution is 9.08. The smallest absolute Gasteiger partial charge is 0.350 e. The average molecular weight is 423 g/mol. The molecule has 132 valence electrons. The number of halogens is 1. The van der Waals surface area contributed by atoms with E-state index in [9.17, 15) is 10.1 Å². The number of ether oxygens (including phenoxy) is 2. The van der Waals surface area contributed by atoms with Gasteiger partial charge in [0.2, 0.25) is 0 Å². The second-order valence-electron chi connectivity index (χ2n) is 5.68. The fourth-order valence-electron chi connectivity index (χ4n) is 2.05. The molecule has 0 saturated carbocycles. The Hall–Kier alpha value is -1.91. The Labute approximate surface area is 159 Å². The first kappa shape index (κ1) is 19.4. The highest BCUT2D eigenvalue weighted by Gasteiger charge is 2.20. The van der Waals surface area contributed by atoms with E-state index in [4.69, 9.17) is 9.47 Å². The first-order chi connectivity index (χ1) is 12.0. The Kier molecular flexibility index (Phi) is 6.97. The van der Waals surface area contributed by atoms with E-state index < -0.39 is 0 Å². The molecule has 1 aromatic heterocycles. The molecule has 2 rings (SSSR count). The van der Waals surface area contributed by atoms with Gasteiger partial charge in [-0.3, -0.25) is 0 Å². The van der Waals surface area contributed by atoms with Gasteiger partial charge in [-0.2, -0.15) is 5.26 Å². The highest BCUT2D eigenvalue weighted by atomic mass is 79.9. The monoisotopic (exact) mass is 422 g/mol. The van der Waals surface area contributed by atoms with Crippen LogP contribution in [-0.4, -0.2) is 24.2 Å². The van der Waals surface area contributed by atoms with Gasteiger partial charge in [0.15, 0.2) is 0 Å². The quantitative estimate of drug-likeness (QED) is 0.473. The third kappa shape index (κ3) is 4.80. The number of esters is 1. The number of nitriles is 1. The van der Waals surface area contributed by atoms with Gasteiger partial charge in [-0.05, 0) is 31.0 Å². The molecule has 0 atom stereocenters. The van der Waals surface area contributed by atoms with E-state index in [0.717, 1.165) is 5.56 Å². The van der Waals surface area contributed by atoms with Crippen molar-refractivity contribution < 1.29 is 14.3 Å². The number of nitrogens with zero attached hydrogens (tertiary/aromatic N) is 2. The van der Waals surface area contributed by atoms with Gasteiger partial charge in [0, 0.05) is 10.9 Å². The molecule has 0 amide bonds. The molecule has 1 aromatic carbocycles. The summed E-state index contributed by atoms with van der Waals surface area (Å²) in [6.45, 7) is 6.73. The molecule has 0 aliphatic rings. The van der Waals surface area contributed by atoms with Gasteiger partial charge < -0.3 is 9.47 Å². The van der Waals surface area contributed by atoms with Crippen molar-refractivity contribution in [2.45, 2.75) is 26.1 Å². The molecule has 0 unspecified atom stereocenters. The van der Waals surface area contributed by atoms with Crippen LogP contribution in [0.4, 0.5) is 0 Å². The van der Waals surface area contributed by atoms with E-state index in [1.165, 1.54) is 11.3 Å². The van der Waals surface area contributed by atoms with E-state index in [0.29, 0.717) is 51.4 Å². The van der Waals surface area contributed by atoms with Gasteiger partial charge in [-0.25, -0.2) is 9.78 Å². The molecule has 0 fully saturated rings. The summed E-state index contributed by atoms with van der Waals surface area (Å²) in [4.78, 5) is 17.0. The molecule has 0 aliphatic carbocycles. The van der Waals surface area contributed by atoms with Crippen LogP contribution in [0.3, 0.4) is 0 Å². The first-order valence-electron chi connectivity index (χ1n) is 7.90. The molecule has 0 N–H and O–H groups in total. The maximum Gasteiger partial charge on any atom is 0.350 e. The molecule has 2 aromatic rings. The van der Waals surface area contributed by atoms with E-state index in [1.54, 1.807) is 19.1 Å². The molecule has 7 heteroatoms. The van der Waals surface area contributed by atoms with Gasteiger partial charge in [0.25, 0.3) is 0 Å². The number of aromatic nitrogens is 1. The van der Waals surface area contributed by atoms with E-state index in [2.05, 4.69) is 40.8 Å². The van der Waals surface area contributed by atoms with Crippen molar-refractivity contribution >= 4 is 33.2 Å². The van der Waals surface area contributed by atoms with Crippen molar-refractivity contribution in [1.82, 2.24) is 4.98 Å². The van der Waals surface area contributed by atoms with Crippen molar-refractivity contribution in [2.24, 2.45) is 5.92 Å². The van der Waals surface area contributed by atoms with Crippen LogP contribution in [0.25, 0.3) is 10.6 Å². The predicted molar refractivity (Wildman–Crippen MR) is 101 cm³/mol. The zero-order valence-corrected chi connectivity index (χ0v) is 16.7. The number of carbonyl (C=O) groups excluding carboxylic acids is 1. The van der Waals surface area contributed by atoms with Crippen LogP contribution >= 0.6 is 27.3 Å². The van der Waals surface area contributed by atoms with E-state index in [1.807, 2.05) is 6.07 Å². The molecule has 25 heavy (non-hydrogen) atoms. The summed E-state index contributed by atoms with van der Waals surface area (Å²) in [6, 6.07) is 7.52. The maximum atomic E-state index is 12.1. The number of alkyl halides is 1. The largest absolute Gasteiger partial charge is 0.492 e. The summed E-state index contributed by atoms with van der Waals surface area (Å²) in [5.41, 5.74) is 1.86. The van der Waals surface area contributed by atoms with Gasteiger partial charge in [0.1, 0.15) is 21.7 Å². The SMILES string of the molecule is CCOC(=O)c1sc(-c2ccc(OCC(C)C)c(C#N)c2)nc1CBr. The van der Waals surface area contributed by atoms with Crippen LogP contribution in [0, 0.1) is 17.2 Å². The second kappa shape index (κ2) is 8.97. The van der Waals surface area contributed by atoms with Gasteiger partial charge in [0.05, 0.1) is 24.5 Å². The number of hydrogen-bond acceptors (Lipinski definition) is 6. The summed E-state index contributed by atoms with van der Waals surface area (Å²) in [5, 5.41) is 10.5. The number of benzene rings is 1. The maximum absolute atomic E-state index is 12.1. The highest BCUT2D eigenvalue weighted by Crippen LogP contribution is 2.32. The minimum Gasteiger partial charge on any atom is -0.492 e. The molecular formula is C18H19BrN2O3S. The van der Waals surface area contributed by atoms with Crippen LogP contribution in [-0.2, 0) is 10.1 Å². The van der Waals surface area contributed by atoms with Crippen molar-refractivity contribution in [2.75, 3.05) is 13.2 Å². The van der Waals surface area contributed by atoms with Crippen molar-refractivity contribution in [1.29, 1.82) is 5.26 Å². The van der Waals surface area contributed by atoms with Crippen LogP contribution < -0.4 is 4.74 Å². The Morgan fingerprint density at radius 3 is 2.80 bits per heavy atom. The third-order valence-corrected chi connectivity index (χ3v) is 4.86. The summed E-state index contributed by atoms with van der Waals surface area (Å²) in [7, 11) is 0. The molecule has 0 radical (unpaired) electrons. The van der Waals surface area contributed by atoms with Crippen LogP contribution in [0.1, 0.15) is 41.7 Å². The Bertz CT molecular complexity index is 796. The minimum absolute atomic E-state index is 0.314. The summed E-state index contributed by atoms with van der Waals surface area (Å²) in [6.07, 6.45) is 0. The molecule has 0 saturated heterocycles. The Morgan fingerprint density at radius 2 is 2.20 bits per heavy atom.